The molecule has 5 aromatic carbocycles. The van der Waals surface area contributed by atoms with Crippen LogP contribution in [0.4, 0.5) is 34.1 Å². The molecule has 0 amide bonds. The van der Waals surface area contributed by atoms with Gasteiger partial charge in [0.1, 0.15) is 6.10 Å². The molecule has 1 atom stereocenters. The third-order valence-corrected chi connectivity index (χ3v) is 8.44. The first-order valence-electron chi connectivity index (χ1n) is 13.8. The van der Waals surface area contributed by atoms with E-state index in [9.17, 15) is 5.11 Å². The lowest BCUT2D eigenvalue weighted by Gasteiger charge is -2.39. The van der Waals surface area contributed by atoms with Gasteiger partial charge in [0.05, 0.1) is 34.1 Å². The fourth-order valence-electron chi connectivity index (χ4n) is 6.11. The predicted molar refractivity (Wildman–Crippen MR) is 171 cm³/mol. The molecule has 1 aliphatic heterocycles. The lowest BCUT2D eigenvalue weighted by molar-refractivity contribution is 0.219. The molecule has 0 fully saturated rings. The maximum atomic E-state index is 11.4. The van der Waals surface area contributed by atoms with E-state index in [0.29, 0.717) is 0 Å². The van der Waals surface area contributed by atoms with Crippen LogP contribution in [-0.4, -0.2) is 5.11 Å². The zero-order valence-electron chi connectivity index (χ0n) is 23.4. The van der Waals surface area contributed by atoms with Gasteiger partial charge in [-0.05, 0) is 79.8 Å². The van der Waals surface area contributed by atoms with Gasteiger partial charge >= 0.3 is 0 Å². The van der Waals surface area contributed by atoms with Gasteiger partial charge in [0.2, 0.25) is 0 Å². The van der Waals surface area contributed by atoms with Gasteiger partial charge in [-0.25, -0.2) is 0 Å². The molecule has 0 saturated carbocycles. The SMILES string of the molecule is CCc1cccc(C)c1N(c1ccccc1S)c1cccc(N2c3ccccc3[C@@H](O)c3cccc(C)c32)c1C. The van der Waals surface area contributed by atoms with E-state index in [-0.39, 0.29) is 0 Å². The molecule has 6 rings (SSSR count). The molecule has 40 heavy (non-hydrogen) atoms. The quantitative estimate of drug-likeness (QED) is 0.216. The van der Waals surface area contributed by atoms with Crippen molar-refractivity contribution in [1.29, 1.82) is 0 Å². The number of benzene rings is 5. The summed E-state index contributed by atoms with van der Waals surface area (Å²) < 4.78 is 0. The van der Waals surface area contributed by atoms with Gasteiger partial charge in [-0.1, -0.05) is 79.7 Å². The average Bonchev–Trinajstić information content (AvgIpc) is 2.97. The summed E-state index contributed by atoms with van der Waals surface area (Å²) in [5, 5.41) is 11.4. The minimum atomic E-state index is -0.669. The van der Waals surface area contributed by atoms with Crippen LogP contribution < -0.4 is 9.80 Å². The van der Waals surface area contributed by atoms with Crippen molar-refractivity contribution in [2.75, 3.05) is 9.80 Å². The number of aliphatic hydroxyl groups excluding tert-OH is 1. The maximum absolute atomic E-state index is 11.4. The lowest BCUT2D eigenvalue weighted by atomic mass is 9.90. The van der Waals surface area contributed by atoms with E-state index in [0.717, 1.165) is 62.0 Å². The van der Waals surface area contributed by atoms with Crippen LogP contribution >= 0.6 is 12.6 Å². The Balaban J connectivity index is 1.64. The Bertz CT molecular complexity index is 1730. The van der Waals surface area contributed by atoms with Crippen molar-refractivity contribution in [1.82, 2.24) is 0 Å². The number of fused-ring (bicyclic) bond motifs is 2. The van der Waals surface area contributed by atoms with Crippen LogP contribution in [0.3, 0.4) is 0 Å². The molecular weight excluding hydrogens is 508 g/mol. The summed E-state index contributed by atoms with van der Waals surface area (Å²) in [5.74, 6) is 0. The second kappa shape index (κ2) is 10.5. The minimum absolute atomic E-state index is 0.669. The first kappa shape index (κ1) is 26.2. The molecule has 5 aromatic rings. The van der Waals surface area contributed by atoms with Crippen LogP contribution in [-0.2, 0) is 6.42 Å². The molecular formula is C36H34N2OS. The van der Waals surface area contributed by atoms with Crippen molar-refractivity contribution >= 4 is 46.8 Å². The van der Waals surface area contributed by atoms with Crippen molar-refractivity contribution in [2.24, 2.45) is 0 Å². The summed E-state index contributed by atoms with van der Waals surface area (Å²) in [7, 11) is 0. The monoisotopic (exact) mass is 542 g/mol. The highest BCUT2D eigenvalue weighted by Gasteiger charge is 2.32. The molecule has 0 aromatic heterocycles. The molecule has 0 radical (unpaired) electrons. The molecule has 200 valence electrons. The summed E-state index contributed by atoms with van der Waals surface area (Å²) in [6.07, 6.45) is 0.253. The van der Waals surface area contributed by atoms with Gasteiger partial charge in [0.15, 0.2) is 0 Å². The standard InChI is InChI=1S/C36H34N2OS/c1-5-26-15-10-13-23(2)34(26)38(32-19-8-9-22-33(32)40)30-21-12-20-29(25(30)4)37-31-18-7-6-16-27(31)36(39)28-17-11-14-24(3)35(28)37/h6-22,36,39-40H,5H2,1-4H3/t36-/m1/s1. The number of para-hydroxylation sites is 4. The van der Waals surface area contributed by atoms with Gasteiger partial charge in [-0.15, -0.1) is 12.6 Å². The van der Waals surface area contributed by atoms with E-state index in [4.69, 9.17) is 12.6 Å². The Morgan fingerprint density at radius 1 is 0.700 bits per heavy atom. The maximum Gasteiger partial charge on any atom is 0.108 e. The summed E-state index contributed by atoms with van der Waals surface area (Å²) in [6.45, 7) is 8.72. The molecule has 1 aliphatic rings. The average molecular weight is 543 g/mol. The number of hydrogen-bond donors (Lipinski definition) is 2. The van der Waals surface area contributed by atoms with E-state index < -0.39 is 6.10 Å². The van der Waals surface area contributed by atoms with Crippen LogP contribution in [0.1, 0.15) is 46.4 Å². The largest absolute Gasteiger partial charge is 0.383 e. The van der Waals surface area contributed by atoms with Crippen LogP contribution in [0.15, 0.2) is 108 Å². The Labute approximate surface area is 242 Å². The van der Waals surface area contributed by atoms with Gasteiger partial charge in [-0.2, -0.15) is 0 Å². The van der Waals surface area contributed by atoms with Crippen LogP contribution in [0.5, 0.6) is 0 Å². The summed E-state index contributed by atoms with van der Waals surface area (Å²) in [4.78, 5) is 5.62. The number of aryl methyl sites for hydroxylation is 3. The molecule has 0 bridgehead atoms. The molecule has 0 aliphatic carbocycles. The normalized spacial score (nSPS) is 14.1. The van der Waals surface area contributed by atoms with Gasteiger partial charge < -0.3 is 14.9 Å². The topological polar surface area (TPSA) is 26.7 Å². The lowest BCUT2D eigenvalue weighted by Crippen LogP contribution is -2.24. The third kappa shape index (κ3) is 4.19. The molecule has 0 saturated heterocycles. The zero-order valence-corrected chi connectivity index (χ0v) is 24.3. The Morgan fingerprint density at radius 3 is 2.12 bits per heavy atom. The van der Waals surface area contributed by atoms with Gasteiger partial charge in [0, 0.05) is 16.0 Å². The van der Waals surface area contributed by atoms with Crippen molar-refractivity contribution < 1.29 is 5.11 Å². The fraction of sp³-hybridized carbons (Fsp3) is 0.167. The molecule has 1 heterocycles. The smallest absolute Gasteiger partial charge is 0.108 e. The van der Waals surface area contributed by atoms with E-state index in [1.807, 2.05) is 36.4 Å². The summed E-state index contributed by atoms with van der Waals surface area (Å²) >= 11 is 4.91. The van der Waals surface area contributed by atoms with Crippen molar-refractivity contribution in [2.45, 2.75) is 45.1 Å². The van der Waals surface area contributed by atoms with E-state index in [1.54, 1.807) is 0 Å². The van der Waals surface area contributed by atoms with Gasteiger partial charge in [0.25, 0.3) is 0 Å². The number of rotatable bonds is 5. The highest BCUT2D eigenvalue weighted by molar-refractivity contribution is 7.80. The minimum Gasteiger partial charge on any atom is -0.383 e. The Hall–Kier alpha value is -3.99. The summed E-state index contributed by atoms with van der Waals surface area (Å²) in [5.41, 5.74) is 13.1. The number of hydrogen-bond acceptors (Lipinski definition) is 4. The van der Waals surface area contributed by atoms with Crippen LogP contribution in [0.2, 0.25) is 0 Å². The van der Waals surface area contributed by atoms with Gasteiger partial charge in [-0.3, -0.25) is 0 Å². The molecule has 0 unspecified atom stereocenters. The highest BCUT2D eigenvalue weighted by atomic mass is 32.1. The van der Waals surface area contributed by atoms with Crippen molar-refractivity contribution in [3.8, 4) is 0 Å². The first-order chi connectivity index (χ1) is 19.4. The predicted octanol–water partition coefficient (Wildman–Crippen LogP) is 9.80. The molecule has 3 nitrogen and oxygen atoms in total. The van der Waals surface area contributed by atoms with E-state index >= 15 is 0 Å². The molecule has 1 N–H and O–H groups in total. The zero-order chi connectivity index (χ0) is 28.0. The Kier molecular flexibility index (Phi) is 6.91. The Morgan fingerprint density at radius 2 is 1.32 bits per heavy atom. The van der Waals surface area contributed by atoms with Crippen molar-refractivity contribution in [3.05, 3.63) is 137 Å². The number of nitrogens with zero attached hydrogens (tertiary/aromatic N) is 2. The summed E-state index contributed by atoms with van der Waals surface area (Å²) in [6, 6.07) is 35.8. The number of aliphatic hydroxyl groups is 1. The first-order valence-corrected chi connectivity index (χ1v) is 14.3. The number of anilines is 6. The second-order valence-corrected chi connectivity index (χ2v) is 11.0. The molecule has 4 heteroatoms. The number of thiol groups is 1. The second-order valence-electron chi connectivity index (χ2n) is 10.5. The van der Waals surface area contributed by atoms with Crippen molar-refractivity contribution in [3.63, 3.8) is 0 Å². The highest BCUT2D eigenvalue weighted by Crippen LogP contribution is 2.52. The van der Waals surface area contributed by atoms with E-state index in [2.05, 4.69) is 104 Å². The fourth-order valence-corrected chi connectivity index (χ4v) is 6.37. The molecule has 0 spiro atoms. The third-order valence-electron chi connectivity index (χ3n) is 8.07. The van der Waals surface area contributed by atoms with Crippen LogP contribution in [0.25, 0.3) is 0 Å². The van der Waals surface area contributed by atoms with E-state index in [1.165, 1.54) is 16.8 Å². The van der Waals surface area contributed by atoms with Crippen LogP contribution in [0, 0.1) is 20.8 Å².